The molecule has 0 amide bonds. The Morgan fingerprint density at radius 1 is 0.966 bits per heavy atom. The summed E-state index contributed by atoms with van der Waals surface area (Å²) in [7, 11) is 2.75. The first-order valence-electron chi connectivity index (χ1n) is 8.92. The maximum absolute atomic E-state index is 12.1. The van der Waals surface area contributed by atoms with Gasteiger partial charge in [-0.2, -0.15) is 0 Å². The maximum atomic E-state index is 12.1. The molecular formula is C23H21NO5. The zero-order chi connectivity index (χ0) is 20.5. The molecule has 6 heteroatoms. The predicted octanol–water partition coefficient (Wildman–Crippen LogP) is 4.61. The molecule has 0 N–H and O–H groups in total. The molecule has 0 aliphatic carbocycles. The molecule has 148 valence electrons. The van der Waals surface area contributed by atoms with E-state index in [9.17, 15) is 4.79 Å². The quantitative estimate of drug-likeness (QED) is 0.317. The molecule has 1 heterocycles. The lowest BCUT2D eigenvalue weighted by Gasteiger charge is -2.12. The summed E-state index contributed by atoms with van der Waals surface area (Å²) in [5, 5.41) is 0. The number of ether oxygens (including phenoxy) is 4. The van der Waals surface area contributed by atoms with Crippen LogP contribution in [0.15, 0.2) is 79.2 Å². The summed E-state index contributed by atoms with van der Waals surface area (Å²) in [4.78, 5) is 16.4. The number of hydrogen-bond acceptors (Lipinski definition) is 6. The van der Waals surface area contributed by atoms with E-state index in [1.165, 1.54) is 20.5 Å². The Labute approximate surface area is 169 Å². The number of aromatic nitrogens is 1. The summed E-state index contributed by atoms with van der Waals surface area (Å²) >= 11 is 0. The smallest absolute Gasteiger partial charge is 0.341 e. The van der Waals surface area contributed by atoms with Crippen molar-refractivity contribution in [2.75, 3.05) is 14.2 Å². The van der Waals surface area contributed by atoms with Crippen LogP contribution in [-0.4, -0.2) is 25.2 Å². The van der Waals surface area contributed by atoms with E-state index in [0.29, 0.717) is 23.7 Å². The maximum Gasteiger partial charge on any atom is 0.341 e. The van der Waals surface area contributed by atoms with Gasteiger partial charge in [0.15, 0.2) is 0 Å². The Hall–Kier alpha value is -3.80. The molecule has 0 aliphatic rings. The van der Waals surface area contributed by atoms with Gasteiger partial charge in [0, 0.05) is 12.3 Å². The number of hydrogen-bond donors (Lipinski definition) is 0. The molecule has 0 fully saturated rings. The molecule has 2 aromatic carbocycles. The topological polar surface area (TPSA) is 66.9 Å². The van der Waals surface area contributed by atoms with Crippen molar-refractivity contribution < 1.29 is 23.7 Å². The fourth-order valence-electron chi connectivity index (χ4n) is 2.61. The van der Waals surface area contributed by atoms with Gasteiger partial charge in [-0.3, -0.25) is 0 Å². The van der Waals surface area contributed by atoms with Crippen LogP contribution in [0.4, 0.5) is 0 Å². The van der Waals surface area contributed by atoms with Gasteiger partial charge in [0.1, 0.15) is 23.7 Å². The number of methoxy groups -OCH3 is 2. The summed E-state index contributed by atoms with van der Waals surface area (Å²) in [6.07, 6.45) is 2.88. The van der Waals surface area contributed by atoms with Crippen LogP contribution in [0.1, 0.15) is 11.1 Å². The number of benzene rings is 2. The highest BCUT2D eigenvalue weighted by Crippen LogP contribution is 2.30. The minimum absolute atomic E-state index is 0.203. The van der Waals surface area contributed by atoms with Gasteiger partial charge in [-0.25, -0.2) is 9.78 Å². The average molecular weight is 391 g/mol. The van der Waals surface area contributed by atoms with Gasteiger partial charge >= 0.3 is 5.97 Å². The third-order valence-corrected chi connectivity index (χ3v) is 3.97. The van der Waals surface area contributed by atoms with Gasteiger partial charge in [-0.15, -0.1) is 0 Å². The summed E-state index contributed by atoms with van der Waals surface area (Å²) in [6, 6.07) is 20.5. The standard InChI is InChI=1S/C23H21NO5/c1-26-16-21(23(25)27-2)20-12-7-13-24-22(20)29-19-11-6-10-18(14-19)28-15-17-8-4-3-5-9-17/h3-14,16H,15H2,1-2H3/b21-16-. The normalized spacial score (nSPS) is 10.9. The third-order valence-electron chi connectivity index (χ3n) is 3.97. The zero-order valence-electron chi connectivity index (χ0n) is 16.2. The van der Waals surface area contributed by atoms with E-state index in [2.05, 4.69) is 4.98 Å². The number of carbonyl (C=O) groups is 1. The molecule has 0 spiro atoms. The van der Waals surface area contributed by atoms with Crippen molar-refractivity contribution in [1.82, 2.24) is 4.98 Å². The number of carbonyl (C=O) groups excluding carboxylic acids is 1. The highest BCUT2D eigenvalue weighted by Gasteiger charge is 2.19. The monoisotopic (exact) mass is 391 g/mol. The molecule has 0 atom stereocenters. The molecule has 3 aromatic rings. The summed E-state index contributed by atoms with van der Waals surface area (Å²) < 4.78 is 21.6. The highest BCUT2D eigenvalue weighted by molar-refractivity contribution is 6.16. The molecule has 0 saturated heterocycles. The van der Waals surface area contributed by atoms with Crippen molar-refractivity contribution in [3.63, 3.8) is 0 Å². The minimum atomic E-state index is -0.551. The molecule has 6 nitrogen and oxygen atoms in total. The van der Waals surface area contributed by atoms with Gasteiger partial charge in [0.05, 0.1) is 26.0 Å². The van der Waals surface area contributed by atoms with E-state index in [-0.39, 0.29) is 11.5 Å². The van der Waals surface area contributed by atoms with E-state index in [4.69, 9.17) is 18.9 Å². The molecule has 0 radical (unpaired) electrons. The van der Waals surface area contributed by atoms with E-state index in [0.717, 1.165) is 5.56 Å². The lowest BCUT2D eigenvalue weighted by atomic mass is 10.1. The largest absolute Gasteiger partial charge is 0.503 e. The van der Waals surface area contributed by atoms with E-state index in [1.54, 1.807) is 30.5 Å². The number of nitrogens with zero attached hydrogens (tertiary/aromatic N) is 1. The van der Waals surface area contributed by atoms with Crippen LogP contribution in [0.25, 0.3) is 5.57 Å². The van der Waals surface area contributed by atoms with E-state index in [1.807, 2.05) is 42.5 Å². The van der Waals surface area contributed by atoms with Crippen LogP contribution in [0, 0.1) is 0 Å². The van der Waals surface area contributed by atoms with Crippen molar-refractivity contribution in [2.24, 2.45) is 0 Å². The first kappa shape index (κ1) is 19.9. The molecule has 0 bridgehead atoms. The number of rotatable bonds is 8. The van der Waals surface area contributed by atoms with Crippen molar-refractivity contribution in [2.45, 2.75) is 6.61 Å². The SMILES string of the molecule is CO/C=C(\C(=O)OC)c1cccnc1Oc1cccc(OCc2ccccc2)c1. The molecule has 0 aliphatic heterocycles. The zero-order valence-corrected chi connectivity index (χ0v) is 16.2. The minimum Gasteiger partial charge on any atom is -0.503 e. The molecule has 1 aromatic heterocycles. The first-order valence-corrected chi connectivity index (χ1v) is 8.92. The molecule has 0 saturated carbocycles. The van der Waals surface area contributed by atoms with E-state index < -0.39 is 5.97 Å². The van der Waals surface area contributed by atoms with Gasteiger partial charge in [-0.05, 0) is 29.8 Å². The predicted molar refractivity (Wildman–Crippen MR) is 109 cm³/mol. The highest BCUT2D eigenvalue weighted by atomic mass is 16.5. The average Bonchev–Trinajstić information content (AvgIpc) is 2.77. The Morgan fingerprint density at radius 2 is 1.76 bits per heavy atom. The molecule has 3 rings (SSSR count). The third kappa shape index (κ3) is 5.35. The Kier molecular flexibility index (Phi) is 6.84. The molecular weight excluding hydrogens is 370 g/mol. The molecule has 0 unspecified atom stereocenters. The van der Waals surface area contributed by atoms with Gasteiger partial charge in [0.25, 0.3) is 0 Å². The van der Waals surface area contributed by atoms with Gasteiger partial charge in [-0.1, -0.05) is 36.4 Å². The van der Waals surface area contributed by atoms with Gasteiger partial charge < -0.3 is 18.9 Å². The second-order valence-electron chi connectivity index (χ2n) is 5.97. The van der Waals surface area contributed by atoms with Crippen molar-refractivity contribution in [3.8, 4) is 17.4 Å². The Morgan fingerprint density at radius 3 is 2.52 bits per heavy atom. The number of esters is 1. The second kappa shape index (κ2) is 9.94. The van der Waals surface area contributed by atoms with Crippen molar-refractivity contribution in [3.05, 3.63) is 90.3 Å². The van der Waals surface area contributed by atoms with Crippen molar-refractivity contribution in [1.29, 1.82) is 0 Å². The fourth-order valence-corrected chi connectivity index (χ4v) is 2.61. The van der Waals surface area contributed by atoms with Crippen LogP contribution in [0.2, 0.25) is 0 Å². The lowest BCUT2D eigenvalue weighted by Crippen LogP contribution is -2.06. The van der Waals surface area contributed by atoms with Crippen LogP contribution >= 0.6 is 0 Å². The van der Waals surface area contributed by atoms with Crippen LogP contribution in [-0.2, 0) is 20.9 Å². The first-order chi connectivity index (χ1) is 14.2. The van der Waals surface area contributed by atoms with Crippen LogP contribution < -0.4 is 9.47 Å². The summed E-state index contributed by atoms with van der Waals surface area (Å²) in [5.74, 6) is 0.882. The van der Waals surface area contributed by atoms with Gasteiger partial charge in [0.2, 0.25) is 5.88 Å². The van der Waals surface area contributed by atoms with Crippen molar-refractivity contribution >= 4 is 11.5 Å². The summed E-state index contributed by atoms with van der Waals surface area (Å²) in [5.41, 5.74) is 1.73. The molecule has 29 heavy (non-hydrogen) atoms. The summed E-state index contributed by atoms with van der Waals surface area (Å²) in [6.45, 7) is 0.447. The van der Waals surface area contributed by atoms with Crippen LogP contribution in [0.5, 0.6) is 17.4 Å². The lowest BCUT2D eigenvalue weighted by molar-refractivity contribution is -0.133. The Bertz CT molecular complexity index is 985. The Balaban J connectivity index is 1.80. The number of pyridine rings is 1. The fraction of sp³-hybridized carbons (Fsp3) is 0.130. The van der Waals surface area contributed by atoms with Crippen LogP contribution in [0.3, 0.4) is 0 Å². The van der Waals surface area contributed by atoms with E-state index >= 15 is 0 Å². The second-order valence-corrected chi connectivity index (χ2v) is 5.97.